The van der Waals surface area contributed by atoms with Crippen LogP contribution in [0.5, 0.6) is 11.5 Å². The van der Waals surface area contributed by atoms with Gasteiger partial charge in [-0.25, -0.2) is 0 Å². The number of hydrogen-bond acceptors (Lipinski definition) is 4. The minimum absolute atomic E-state index is 0.272. The number of aromatic hydroxyl groups is 1. The Labute approximate surface area is 407 Å². The van der Waals surface area contributed by atoms with Crippen LogP contribution >= 0.6 is 0 Å². The number of rotatable bonds is 8. The number of para-hydroxylation sites is 2. The van der Waals surface area contributed by atoms with Crippen LogP contribution in [0, 0.1) is 0 Å². The molecular formula is C61H41F3N2O4S. The molecule has 71 heavy (non-hydrogen) atoms. The Bertz CT molecular complexity index is 4020. The molecule has 0 aliphatic rings. The summed E-state index contributed by atoms with van der Waals surface area (Å²) in [5.41, 5.74) is 8.66. The zero-order valence-electron chi connectivity index (χ0n) is 37.7. The molecule has 0 amide bonds. The van der Waals surface area contributed by atoms with Gasteiger partial charge in [0.05, 0.1) is 22.1 Å². The molecule has 2 heterocycles. The van der Waals surface area contributed by atoms with Gasteiger partial charge in [-0.05, 0) is 117 Å². The molecule has 0 atom stereocenters. The van der Waals surface area contributed by atoms with Crippen molar-refractivity contribution in [1.82, 2.24) is 9.13 Å². The van der Waals surface area contributed by atoms with E-state index in [0.717, 1.165) is 66.3 Å². The summed E-state index contributed by atoms with van der Waals surface area (Å²) in [6.07, 6.45) is 0. The van der Waals surface area contributed by atoms with Crippen LogP contribution < -0.4 is 4.18 Å². The number of halogens is 3. The fraction of sp³-hybridized carbons (Fsp3) is 0.0164. The van der Waals surface area contributed by atoms with Gasteiger partial charge in [-0.15, -0.1) is 0 Å². The number of benzene rings is 10. The molecule has 346 valence electrons. The van der Waals surface area contributed by atoms with Crippen molar-refractivity contribution in [2.24, 2.45) is 0 Å². The zero-order chi connectivity index (χ0) is 48.7. The number of fused-ring (bicyclic) bond motifs is 6. The van der Waals surface area contributed by atoms with Crippen molar-refractivity contribution in [3.05, 3.63) is 243 Å². The first kappa shape index (κ1) is 44.6. The third kappa shape index (κ3) is 8.66. The van der Waals surface area contributed by atoms with Gasteiger partial charge in [0.15, 0.2) is 0 Å². The molecule has 0 bridgehead atoms. The van der Waals surface area contributed by atoms with Gasteiger partial charge in [-0.3, -0.25) is 0 Å². The van der Waals surface area contributed by atoms with Crippen molar-refractivity contribution in [1.29, 1.82) is 0 Å². The van der Waals surface area contributed by atoms with Gasteiger partial charge in [0.2, 0.25) is 0 Å². The Morgan fingerprint density at radius 3 is 1.13 bits per heavy atom. The predicted molar refractivity (Wildman–Crippen MR) is 281 cm³/mol. The van der Waals surface area contributed by atoms with E-state index in [9.17, 15) is 26.7 Å². The predicted octanol–water partition coefficient (Wildman–Crippen LogP) is 16.2. The fourth-order valence-electron chi connectivity index (χ4n) is 9.32. The van der Waals surface area contributed by atoms with E-state index in [1.165, 1.54) is 39.8 Å². The number of alkyl halides is 3. The van der Waals surface area contributed by atoms with Crippen molar-refractivity contribution >= 4 is 53.7 Å². The van der Waals surface area contributed by atoms with E-state index in [0.29, 0.717) is 5.52 Å². The Kier molecular flexibility index (Phi) is 11.5. The molecular weight excluding hydrogens is 914 g/mol. The van der Waals surface area contributed by atoms with Gasteiger partial charge in [-0.1, -0.05) is 158 Å². The Balaban J connectivity index is 0.000000157. The first-order chi connectivity index (χ1) is 34.5. The smallest absolute Gasteiger partial charge is 0.508 e. The molecule has 10 heteroatoms. The second-order valence-corrected chi connectivity index (χ2v) is 18.6. The molecule has 0 fully saturated rings. The Hall–Kier alpha value is -8.86. The van der Waals surface area contributed by atoms with Crippen LogP contribution in [-0.4, -0.2) is 28.2 Å². The summed E-state index contributed by atoms with van der Waals surface area (Å²) in [6.45, 7) is 0. The summed E-state index contributed by atoms with van der Waals surface area (Å²) in [5, 5.41) is 14.1. The summed E-state index contributed by atoms with van der Waals surface area (Å²) in [5.74, 6) is -0.149. The Morgan fingerprint density at radius 1 is 0.352 bits per heavy atom. The van der Waals surface area contributed by atoms with E-state index in [4.69, 9.17) is 0 Å². The number of hydrogen-bond donors (Lipinski definition) is 1. The van der Waals surface area contributed by atoms with Crippen LogP contribution in [0.4, 0.5) is 13.2 Å². The van der Waals surface area contributed by atoms with Gasteiger partial charge in [0.1, 0.15) is 11.5 Å². The molecule has 10 aromatic carbocycles. The van der Waals surface area contributed by atoms with Crippen LogP contribution in [0.15, 0.2) is 243 Å². The number of aromatic nitrogens is 2. The van der Waals surface area contributed by atoms with E-state index in [1.54, 1.807) is 12.1 Å². The lowest BCUT2D eigenvalue weighted by atomic mass is 9.98. The highest BCUT2D eigenvalue weighted by molar-refractivity contribution is 7.88. The molecule has 1 N–H and O–H groups in total. The topological polar surface area (TPSA) is 73.5 Å². The van der Waals surface area contributed by atoms with Crippen LogP contribution in [-0.2, 0) is 10.1 Å². The lowest BCUT2D eigenvalue weighted by Crippen LogP contribution is -2.28. The second kappa shape index (κ2) is 18.2. The summed E-state index contributed by atoms with van der Waals surface area (Å²) >= 11 is 0. The molecule has 12 aromatic rings. The maximum atomic E-state index is 13.0. The highest BCUT2D eigenvalue weighted by atomic mass is 32.2. The Morgan fingerprint density at radius 2 is 0.690 bits per heavy atom. The first-order valence-electron chi connectivity index (χ1n) is 22.8. The van der Waals surface area contributed by atoms with Gasteiger partial charge >= 0.3 is 15.6 Å². The normalized spacial score (nSPS) is 11.8. The number of phenolic OH excluding ortho intramolecular Hbond substituents is 1. The maximum absolute atomic E-state index is 13.0. The molecule has 0 saturated heterocycles. The SMILES string of the molecule is O=S(=O)(Oc1ccc2c3ccc(-c4cccc(-c5ccccc5)c4)cc3n(-c3ccccc3)c2c1)C(F)(F)F.Oc1ccc2c3ccc(-c4cccc(-c5ccccc5)c4)cc3n(-c3ccccc3)c2c1. The zero-order valence-corrected chi connectivity index (χ0v) is 38.5. The summed E-state index contributed by atoms with van der Waals surface area (Å²) < 4.78 is 70.8. The quantitative estimate of drug-likeness (QED) is 0.122. The van der Waals surface area contributed by atoms with E-state index in [-0.39, 0.29) is 5.75 Å². The van der Waals surface area contributed by atoms with Crippen molar-refractivity contribution in [3.8, 4) is 67.4 Å². The monoisotopic (exact) mass is 954 g/mol. The first-order valence-corrected chi connectivity index (χ1v) is 24.2. The molecule has 0 aliphatic heterocycles. The minimum Gasteiger partial charge on any atom is -0.508 e. The molecule has 0 spiro atoms. The van der Waals surface area contributed by atoms with E-state index in [2.05, 4.69) is 99.7 Å². The van der Waals surface area contributed by atoms with Crippen molar-refractivity contribution in [3.63, 3.8) is 0 Å². The van der Waals surface area contributed by atoms with Gasteiger partial charge < -0.3 is 18.4 Å². The van der Waals surface area contributed by atoms with Crippen molar-refractivity contribution in [2.45, 2.75) is 5.51 Å². The molecule has 6 nitrogen and oxygen atoms in total. The molecule has 12 rings (SSSR count). The molecule has 0 saturated carbocycles. The highest BCUT2D eigenvalue weighted by Crippen LogP contribution is 2.40. The summed E-state index contributed by atoms with van der Waals surface area (Å²) in [6, 6.07) is 79.4. The molecule has 0 aliphatic carbocycles. The third-order valence-corrected chi connectivity index (χ3v) is 13.6. The maximum Gasteiger partial charge on any atom is 0.534 e. The average Bonchev–Trinajstić information content (AvgIpc) is 3.90. The van der Waals surface area contributed by atoms with Crippen LogP contribution in [0.25, 0.3) is 99.5 Å². The summed E-state index contributed by atoms with van der Waals surface area (Å²) in [4.78, 5) is 0. The second-order valence-electron chi connectivity index (χ2n) is 17.1. The molecule has 2 aromatic heterocycles. The number of nitrogens with zero attached hydrogens (tertiary/aromatic N) is 2. The van der Waals surface area contributed by atoms with Crippen molar-refractivity contribution < 1.29 is 30.9 Å². The van der Waals surface area contributed by atoms with Crippen LogP contribution in [0.2, 0.25) is 0 Å². The van der Waals surface area contributed by atoms with Gasteiger partial charge in [-0.2, -0.15) is 21.6 Å². The van der Waals surface area contributed by atoms with E-state index >= 15 is 0 Å². The van der Waals surface area contributed by atoms with E-state index < -0.39 is 21.4 Å². The average molecular weight is 955 g/mol. The third-order valence-electron chi connectivity index (χ3n) is 12.6. The summed E-state index contributed by atoms with van der Waals surface area (Å²) in [7, 11) is -5.81. The lowest BCUT2D eigenvalue weighted by Gasteiger charge is -2.11. The highest BCUT2D eigenvalue weighted by Gasteiger charge is 2.48. The van der Waals surface area contributed by atoms with Crippen LogP contribution in [0.1, 0.15) is 0 Å². The fourth-order valence-corrected chi connectivity index (χ4v) is 9.77. The van der Waals surface area contributed by atoms with Gasteiger partial charge in [0, 0.05) is 45.1 Å². The minimum atomic E-state index is -5.81. The lowest BCUT2D eigenvalue weighted by molar-refractivity contribution is -0.0500. The van der Waals surface area contributed by atoms with Crippen LogP contribution in [0.3, 0.4) is 0 Å². The molecule has 0 unspecified atom stereocenters. The molecule has 0 radical (unpaired) electrons. The largest absolute Gasteiger partial charge is 0.534 e. The van der Waals surface area contributed by atoms with E-state index in [1.807, 2.05) is 132 Å². The number of phenols is 1. The van der Waals surface area contributed by atoms with Gasteiger partial charge in [0.25, 0.3) is 0 Å². The van der Waals surface area contributed by atoms with Crippen molar-refractivity contribution in [2.75, 3.05) is 0 Å². The standard InChI is InChI=1S/C31H20F3NO3S.C30H21NO/c32-31(33,34)39(36,37)38-26-15-17-28-27-16-14-24(23-11-7-10-22(18-23)21-8-3-1-4-9-21)19-29(27)35(30(28)20-26)25-12-5-2-6-13-25;32-26-15-17-28-27-16-14-24(23-11-7-10-22(18-23)21-8-3-1-4-9-21)19-29(27)31(30(28)20-26)25-12-5-2-6-13-25/h1-20H;1-20,32H.